The van der Waals surface area contributed by atoms with Gasteiger partial charge < -0.3 is 10.0 Å². The monoisotopic (exact) mass is 287 g/mol. The number of carbonyl (C=O) groups excluding carboxylic acids is 1. The van der Waals surface area contributed by atoms with Gasteiger partial charge in [0.1, 0.15) is 0 Å². The van der Waals surface area contributed by atoms with Gasteiger partial charge in [0.05, 0.1) is 12.0 Å². The van der Waals surface area contributed by atoms with Gasteiger partial charge in [0.2, 0.25) is 5.91 Å². The molecular weight excluding hydrogens is 266 g/mol. The predicted octanol–water partition coefficient (Wildman–Crippen LogP) is 2.83. The summed E-state index contributed by atoms with van der Waals surface area (Å²) in [6.07, 6.45) is 2.79. The molecule has 4 heteroatoms. The fourth-order valence-corrected chi connectivity index (χ4v) is 3.40. The number of nitrogens with zero attached hydrogens (tertiary/aromatic N) is 1. The number of rotatable bonds is 3. The zero-order chi connectivity index (χ0) is 15.1. The van der Waals surface area contributed by atoms with Crippen LogP contribution < -0.4 is 0 Å². The first kappa shape index (κ1) is 14.1. The van der Waals surface area contributed by atoms with E-state index in [0.717, 1.165) is 29.5 Å². The van der Waals surface area contributed by atoms with Crippen molar-refractivity contribution in [3.8, 4) is 0 Å². The number of likely N-dealkylation sites (tertiary alicyclic amines) is 1. The molecule has 0 aromatic heterocycles. The number of aliphatic carboxylic acids is 1. The minimum absolute atomic E-state index is 0.112. The molecule has 1 aromatic carbocycles. The van der Waals surface area contributed by atoms with Crippen molar-refractivity contribution in [2.75, 3.05) is 0 Å². The summed E-state index contributed by atoms with van der Waals surface area (Å²) in [6.45, 7) is 4.00. The second-order valence-corrected chi connectivity index (χ2v) is 6.32. The van der Waals surface area contributed by atoms with Crippen LogP contribution in [0.3, 0.4) is 0 Å². The van der Waals surface area contributed by atoms with Gasteiger partial charge in [-0.25, -0.2) is 0 Å². The van der Waals surface area contributed by atoms with Crippen LogP contribution in [0.25, 0.3) is 0 Å². The van der Waals surface area contributed by atoms with Crippen LogP contribution in [0.15, 0.2) is 18.2 Å². The number of carboxylic acid groups (broad SMARTS) is 1. The number of benzene rings is 1. The highest BCUT2D eigenvalue weighted by Gasteiger charge is 2.46. The maximum absolute atomic E-state index is 12.4. The highest BCUT2D eigenvalue weighted by Crippen LogP contribution is 2.44. The van der Waals surface area contributed by atoms with Crippen molar-refractivity contribution >= 4 is 11.9 Å². The van der Waals surface area contributed by atoms with Crippen LogP contribution in [-0.4, -0.2) is 27.9 Å². The van der Waals surface area contributed by atoms with Gasteiger partial charge in [0, 0.05) is 12.5 Å². The Hall–Kier alpha value is -1.84. The molecular formula is C17H21NO3. The Balaban J connectivity index is 2.08. The Labute approximate surface area is 124 Å². The summed E-state index contributed by atoms with van der Waals surface area (Å²) >= 11 is 0. The molecule has 3 rings (SSSR count). The summed E-state index contributed by atoms with van der Waals surface area (Å²) in [6, 6.07) is 6.03. The Kier molecular flexibility index (Phi) is 3.47. The first-order chi connectivity index (χ1) is 9.99. The van der Waals surface area contributed by atoms with Crippen LogP contribution in [0.1, 0.15) is 48.4 Å². The van der Waals surface area contributed by atoms with Crippen molar-refractivity contribution in [2.24, 2.45) is 5.92 Å². The number of carbonyl (C=O) groups is 2. The summed E-state index contributed by atoms with van der Waals surface area (Å²) in [5, 5.41) is 9.60. The van der Waals surface area contributed by atoms with Gasteiger partial charge in [0.15, 0.2) is 0 Å². The molecule has 112 valence electrons. The van der Waals surface area contributed by atoms with Gasteiger partial charge in [-0.2, -0.15) is 0 Å². The van der Waals surface area contributed by atoms with Crippen LogP contribution in [0, 0.1) is 19.8 Å². The van der Waals surface area contributed by atoms with Crippen molar-refractivity contribution in [3.05, 3.63) is 34.9 Å². The molecule has 0 radical (unpaired) electrons. The average molecular weight is 287 g/mol. The number of amides is 1. The van der Waals surface area contributed by atoms with E-state index in [1.165, 1.54) is 0 Å². The van der Waals surface area contributed by atoms with E-state index >= 15 is 0 Å². The Bertz CT molecular complexity index is 592. The molecule has 2 unspecified atom stereocenters. The molecule has 1 aliphatic carbocycles. The molecule has 1 N–H and O–H groups in total. The molecule has 1 heterocycles. The molecule has 1 aromatic rings. The number of hydrogen-bond acceptors (Lipinski definition) is 2. The lowest BCUT2D eigenvalue weighted by Crippen LogP contribution is -2.46. The summed E-state index contributed by atoms with van der Waals surface area (Å²) < 4.78 is 0. The van der Waals surface area contributed by atoms with E-state index < -0.39 is 11.9 Å². The van der Waals surface area contributed by atoms with E-state index in [-0.39, 0.29) is 18.0 Å². The third-order valence-corrected chi connectivity index (χ3v) is 4.65. The van der Waals surface area contributed by atoms with Crippen molar-refractivity contribution in [2.45, 2.75) is 51.6 Å². The van der Waals surface area contributed by atoms with Crippen LogP contribution in [0.2, 0.25) is 0 Å². The average Bonchev–Trinajstić information content (AvgIpc) is 3.25. The van der Waals surface area contributed by atoms with E-state index in [9.17, 15) is 14.7 Å². The third kappa shape index (κ3) is 2.55. The lowest BCUT2D eigenvalue weighted by molar-refractivity contribution is -0.152. The summed E-state index contributed by atoms with van der Waals surface area (Å²) in [7, 11) is 0. The zero-order valence-corrected chi connectivity index (χ0v) is 12.5. The lowest BCUT2D eigenvalue weighted by Gasteiger charge is -2.40. The lowest BCUT2D eigenvalue weighted by atomic mass is 9.82. The second kappa shape index (κ2) is 5.17. The topological polar surface area (TPSA) is 57.6 Å². The van der Waals surface area contributed by atoms with E-state index in [1.54, 1.807) is 0 Å². The fourth-order valence-electron chi connectivity index (χ4n) is 3.40. The van der Waals surface area contributed by atoms with E-state index in [2.05, 4.69) is 0 Å². The van der Waals surface area contributed by atoms with Gasteiger partial charge in [-0.05, 0) is 44.2 Å². The number of carboxylic acids is 1. The van der Waals surface area contributed by atoms with Crippen LogP contribution in [-0.2, 0) is 9.59 Å². The van der Waals surface area contributed by atoms with Gasteiger partial charge in [-0.15, -0.1) is 0 Å². The first-order valence-corrected chi connectivity index (χ1v) is 7.60. The minimum atomic E-state index is -0.793. The van der Waals surface area contributed by atoms with Gasteiger partial charge in [-0.3, -0.25) is 9.59 Å². The van der Waals surface area contributed by atoms with E-state index in [0.29, 0.717) is 12.8 Å². The normalized spacial score (nSPS) is 26.0. The van der Waals surface area contributed by atoms with Crippen LogP contribution in [0.5, 0.6) is 0 Å². The standard InChI is InChI=1S/C17H21NO3/c1-10-3-4-11(2)14(9-10)16-13(17(20)21)7-8-15(19)18(16)12-5-6-12/h3-4,9,12-13,16H,5-8H2,1-2H3,(H,20,21). The highest BCUT2D eigenvalue weighted by atomic mass is 16.4. The summed E-state index contributed by atoms with van der Waals surface area (Å²) in [5.74, 6) is -1.18. The molecule has 1 saturated carbocycles. The Morgan fingerprint density at radius 2 is 1.95 bits per heavy atom. The molecule has 21 heavy (non-hydrogen) atoms. The molecule has 0 bridgehead atoms. The van der Waals surface area contributed by atoms with Crippen molar-refractivity contribution in [1.29, 1.82) is 0 Å². The molecule has 1 amide bonds. The van der Waals surface area contributed by atoms with Crippen molar-refractivity contribution in [3.63, 3.8) is 0 Å². The number of piperidine rings is 1. The van der Waals surface area contributed by atoms with Crippen LogP contribution >= 0.6 is 0 Å². The molecule has 0 spiro atoms. The molecule has 4 nitrogen and oxygen atoms in total. The summed E-state index contributed by atoms with van der Waals surface area (Å²) in [4.78, 5) is 25.9. The minimum Gasteiger partial charge on any atom is -0.481 e. The second-order valence-electron chi connectivity index (χ2n) is 6.32. The van der Waals surface area contributed by atoms with E-state index in [4.69, 9.17) is 0 Å². The molecule has 2 aliphatic rings. The largest absolute Gasteiger partial charge is 0.481 e. The van der Waals surface area contributed by atoms with Gasteiger partial charge in [-0.1, -0.05) is 23.8 Å². The van der Waals surface area contributed by atoms with Crippen LogP contribution in [0.4, 0.5) is 0 Å². The maximum atomic E-state index is 12.4. The quantitative estimate of drug-likeness (QED) is 0.930. The maximum Gasteiger partial charge on any atom is 0.308 e. The molecule has 2 fully saturated rings. The summed E-state index contributed by atoms with van der Waals surface area (Å²) in [5.41, 5.74) is 3.17. The zero-order valence-electron chi connectivity index (χ0n) is 12.5. The molecule has 1 aliphatic heterocycles. The fraction of sp³-hybridized carbons (Fsp3) is 0.529. The van der Waals surface area contributed by atoms with Crippen molar-refractivity contribution in [1.82, 2.24) is 4.90 Å². The van der Waals surface area contributed by atoms with E-state index in [1.807, 2.05) is 36.9 Å². The first-order valence-electron chi connectivity index (χ1n) is 7.60. The third-order valence-electron chi connectivity index (χ3n) is 4.65. The Morgan fingerprint density at radius 1 is 1.24 bits per heavy atom. The molecule has 1 saturated heterocycles. The van der Waals surface area contributed by atoms with Gasteiger partial charge >= 0.3 is 5.97 Å². The predicted molar refractivity (Wildman–Crippen MR) is 78.9 cm³/mol. The Morgan fingerprint density at radius 3 is 2.57 bits per heavy atom. The number of hydrogen-bond donors (Lipinski definition) is 1. The smallest absolute Gasteiger partial charge is 0.308 e. The SMILES string of the molecule is Cc1ccc(C)c(C2C(C(=O)O)CCC(=O)N2C2CC2)c1. The number of aryl methyl sites for hydroxylation is 2. The van der Waals surface area contributed by atoms with Crippen molar-refractivity contribution < 1.29 is 14.7 Å². The van der Waals surface area contributed by atoms with Gasteiger partial charge in [0.25, 0.3) is 0 Å². The highest BCUT2D eigenvalue weighted by molar-refractivity contribution is 5.82. The molecule has 2 atom stereocenters.